The van der Waals surface area contributed by atoms with Crippen LogP contribution in [0, 0.1) is 19.8 Å². The molecule has 1 aliphatic heterocycles. The van der Waals surface area contributed by atoms with E-state index < -0.39 is 10.0 Å². The average molecular weight is 349 g/mol. The Labute approximate surface area is 142 Å². The maximum atomic E-state index is 12.5. The second kappa shape index (κ2) is 6.94. The third kappa shape index (κ3) is 3.96. The molecule has 1 aromatic carbocycles. The number of sulfonamides is 1. The molecule has 24 heavy (non-hydrogen) atoms. The summed E-state index contributed by atoms with van der Waals surface area (Å²) in [7, 11) is -3.60. The molecule has 0 atom stereocenters. The van der Waals surface area contributed by atoms with Crippen molar-refractivity contribution >= 4 is 15.7 Å². The lowest BCUT2D eigenvalue weighted by Crippen LogP contribution is -2.20. The summed E-state index contributed by atoms with van der Waals surface area (Å²) < 4.78 is 34.8. The Bertz CT molecular complexity index is 808. The lowest BCUT2D eigenvalue weighted by atomic mass is 10.0. The summed E-state index contributed by atoms with van der Waals surface area (Å²) in [6.07, 6.45) is 5.33. The molecule has 6 nitrogen and oxygen atoms in total. The van der Waals surface area contributed by atoms with Crippen molar-refractivity contribution in [1.82, 2.24) is 9.78 Å². The summed E-state index contributed by atoms with van der Waals surface area (Å²) in [6, 6.07) is 5.12. The molecule has 2 aromatic rings. The van der Waals surface area contributed by atoms with Crippen LogP contribution in [0.4, 0.5) is 5.69 Å². The van der Waals surface area contributed by atoms with Gasteiger partial charge in [0.05, 0.1) is 16.8 Å². The molecular weight excluding hydrogens is 326 g/mol. The van der Waals surface area contributed by atoms with Gasteiger partial charge in [0.15, 0.2) is 0 Å². The number of nitrogens with zero attached hydrogens (tertiary/aromatic N) is 2. The highest BCUT2D eigenvalue weighted by atomic mass is 32.2. The van der Waals surface area contributed by atoms with Crippen LogP contribution in [0.2, 0.25) is 0 Å². The van der Waals surface area contributed by atoms with Gasteiger partial charge in [-0.1, -0.05) is 6.07 Å². The van der Waals surface area contributed by atoms with Gasteiger partial charge in [-0.2, -0.15) is 5.10 Å². The van der Waals surface area contributed by atoms with Crippen molar-refractivity contribution in [2.45, 2.75) is 38.1 Å². The number of aryl methyl sites for hydroxylation is 2. The van der Waals surface area contributed by atoms with Gasteiger partial charge in [0.1, 0.15) is 0 Å². The Morgan fingerprint density at radius 3 is 2.71 bits per heavy atom. The fourth-order valence-electron chi connectivity index (χ4n) is 2.80. The zero-order chi connectivity index (χ0) is 17.2. The standard InChI is InChI=1S/C17H23N3O3S/c1-13-3-4-17(9-14(13)2)24(21,22)19-16-10-18-20(12-16)11-15-5-7-23-8-6-15/h3-4,9-10,12,15,19H,5-8,11H2,1-2H3. The van der Waals surface area contributed by atoms with Crippen LogP contribution in [0.5, 0.6) is 0 Å². The van der Waals surface area contributed by atoms with Crippen molar-refractivity contribution in [3.63, 3.8) is 0 Å². The first-order valence-electron chi connectivity index (χ1n) is 8.14. The number of hydrogen-bond acceptors (Lipinski definition) is 4. The van der Waals surface area contributed by atoms with E-state index in [0.717, 1.165) is 43.7 Å². The second-order valence-electron chi connectivity index (χ2n) is 6.36. The van der Waals surface area contributed by atoms with E-state index in [4.69, 9.17) is 4.74 Å². The Hall–Kier alpha value is -1.86. The van der Waals surface area contributed by atoms with Crippen LogP contribution in [-0.4, -0.2) is 31.4 Å². The van der Waals surface area contributed by atoms with Crippen LogP contribution in [0.1, 0.15) is 24.0 Å². The molecule has 0 radical (unpaired) electrons. The minimum Gasteiger partial charge on any atom is -0.381 e. The molecule has 0 aliphatic carbocycles. The van der Waals surface area contributed by atoms with Crippen molar-refractivity contribution in [1.29, 1.82) is 0 Å². The number of aromatic nitrogens is 2. The molecule has 7 heteroatoms. The van der Waals surface area contributed by atoms with E-state index >= 15 is 0 Å². The van der Waals surface area contributed by atoms with E-state index in [9.17, 15) is 8.42 Å². The number of anilines is 1. The average Bonchev–Trinajstić information content (AvgIpc) is 2.97. The van der Waals surface area contributed by atoms with E-state index in [-0.39, 0.29) is 4.90 Å². The molecule has 2 heterocycles. The van der Waals surface area contributed by atoms with Gasteiger partial charge >= 0.3 is 0 Å². The summed E-state index contributed by atoms with van der Waals surface area (Å²) in [5.74, 6) is 0.530. The third-order valence-corrected chi connectivity index (χ3v) is 5.84. The monoisotopic (exact) mass is 349 g/mol. The van der Waals surface area contributed by atoms with Crippen LogP contribution in [0.3, 0.4) is 0 Å². The lowest BCUT2D eigenvalue weighted by molar-refractivity contribution is 0.0601. The SMILES string of the molecule is Cc1ccc(S(=O)(=O)Nc2cnn(CC3CCOCC3)c2)cc1C. The lowest BCUT2D eigenvalue weighted by Gasteiger charge is -2.21. The zero-order valence-corrected chi connectivity index (χ0v) is 14.8. The normalized spacial score (nSPS) is 16.2. The first-order chi connectivity index (χ1) is 11.4. The van der Waals surface area contributed by atoms with Gasteiger partial charge < -0.3 is 4.74 Å². The molecule has 1 aliphatic rings. The molecule has 130 valence electrons. The summed E-state index contributed by atoms with van der Waals surface area (Å²) in [6.45, 7) is 6.23. The van der Waals surface area contributed by atoms with Gasteiger partial charge in [-0.25, -0.2) is 8.42 Å². The fraction of sp³-hybridized carbons (Fsp3) is 0.471. The highest BCUT2D eigenvalue weighted by Crippen LogP contribution is 2.20. The summed E-state index contributed by atoms with van der Waals surface area (Å²) >= 11 is 0. The molecule has 1 fully saturated rings. The predicted octanol–water partition coefficient (Wildman–Crippen LogP) is 2.73. The van der Waals surface area contributed by atoms with Crippen LogP contribution in [-0.2, 0) is 21.3 Å². The van der Waals surface area contributed by atoms with Crippen LogP contribution >= 0.6 is 0 Å². The molecule has 1 saturated heterocycles. The molecular formula is C17H23N3O3S. The third-order valence-electron chi connectivity index (χ3n) is 4.46. The fourth-order valence-corrected chi connectivity index (χ4v) is 3.92. The molecule has 3 rings (SSSR count). The molecule has 0 spiro atoms. The summed E-state index contributed by atoms with van der Waals surface area (Å²) in [5, 5.41) is 4.27. The second-order valence-corrected chi connectivity index (χ2v) is 8.04. The molecule has 0 bridgehead atoms. The maximum Gasteiger partial charge on any atom is 0.262 e. The van der Waals surface area contributed by atoms with E-state index in [0.29, 0.717) is 11.6 Å². The summed E-state index contributed by atoms with van der Waals surface area (Å²) in [4.78, 5) is 0.266. The van der Waals surface area contributed by atoms with E-state index in [1.165, 1.54) is 0 Å². The van der Waals surface area contributed by atoms with Crippen LogP contribution in [0.25, 0.3) is 0 Å². The minimum atomic E-state index is -3.60. The number of ether oxygens (including phenoxy) is 1. The number of nitrogens with one attached hydrogen (secondary N) is 1. The Balaban J connectivity index is 1.69. The number of benzene rings is 1. The Morgan fingerprint density at radius 1 is 1.25 bits per heavy atom. The highest BCUT2D eigenvalue weighted by molar-refractivity contribution is 7.92. The number of hydrogen-bond donors (Lipinski definition) is 1. The van der Waals surface area contributed by atoms with Gasteiger partial charge in [0, 0.05) is 26.0 Å². The predicted molar refractivity (Wildman–Crippen MR) is 92.5 cm³/mol. The smallest absolute Gasteiger partial charge is 0.262 e. The van der Waals surface area contributed by atoms with Crippen molar-refractivity contribution in [2.75, 3.05) is 17.9 Å². The van der Waals surface area contributed by atoms with E-state index in [1.54, 1.807) is 29.2 Å². The van der Waals surface area contributed by atoms with E-state index in [2.05, 4.69) is 9.82 Å². The van der Waals surface area contributed by atoms with Crippen molar-refractivity contribution in [3.05, 3.63) is 41.7 Å². The van der Waals surface area contributed by atoms with Gasteiger partial charge in [0.25, 0.3) is 10.0 Å². The Kier molecular flexibility index (Phi) is 4.91. The molecule has 0 unspecified atom stereocenters. The molecule has 1 N–H and O–H groups in total. The molecule has 0 amide bonds. The van der Waals surface area contributed by atoms with Crippen LogP contribution in [0.15, 0.2) is 35.5 Å². The largest absolute Gasteiger partial charge is 0.381 e. The summed E-state index contributed by atoms with van der Waals surface area (Å²) in [5.41, 5.74) is 2.51. The van der Waals surface area contributed by atoms with Gasteiger partial charge in [-0.05, 0) is 55.9 Å². The van der Waals surface area contributed by atoms with Crippen molar-refractivity contribution in [3.8, 4) is 0 Å². The van der Waals surface area contributed by atoms with Gasteiger partial charge in [-0.3, -0.25) is 9.40 Å². The molecule has 1 aromatic heterocycles. The highest BCUT2D eigenvalue weighted by Gasteiger charge is 2.18. The Morgan fingerprint density at radius 2 is 2.00 bits per heavy atom. The van der Waals surface area contributed by atoms with Gasteiger partial charge in [0.2, 0.25) is 0 Å². The van der Waals surface area contributed by atoms with Crippen LogP contribution < -0.4 is 4.72 Å². The first kappa shape index (κ1) is 17.0. The topological polar surface area (TPSA) is 73.2 Å². The van der Waals surface area contributed by atoms with Crippen molar-refractivity contribution < 1.29 is 13.2 Å². The zero-order valence-electron chi connectivity index (χ0n) is 14.0. The van der Waals surface area contributed by atoms with Crippen molar-refractivity contribution in [2.24, 2.45) is 5.92 Å². The molecule has 0 saturated carbocycles. The first-order valence-corrected chi connectivity index (χ1v) is 9.62. The number of rotatable bonds is 5. The van der Waals surface area contributed by atoms with Gasteiger partial charge in [-0.15, -0.1) is 0 Å². The quantitative estimate of drug-likeness (QED) is 0.901. The minimum absolute atomic E-state index is 0.266. The maximum absolute atomic E-state index is 12.5. The van der Waals surface area contributed by atoms with E-state index in [1.807, 2.05) is 19.9 Å².